The molecule has 5 rings (SSSR count). The normalized spacial score (nSPS) is 19.5. The zero-order valence-corrected chi connectivity index (χ0v) is 17.5. The number of fused-ring (bicyclic) bond motifs is 5. The fourth-order valence-corrected chi connectivity index (χ4v) is 5.51. The summed E-state index contributed by atoms with van der Waals surface area (Å²) in [6, 6.07) is 12.9. The Kier molecular flexibility index (Phi) is 4.04. The van der Waals surface area contributed by atoms with Gasteiger partial charge in [-0.3, -0.25) is 9.29 Å². The number of anilines is 1. The molecule has 0 aliphatic heterocycles. The van der Waals surface area contributed by atoms with Crippen molar-refractivity contribution < 1.29 is 18.6 Å². The molecule has 3 N–H and O–H groups in total. The first-order valence-corrected chi connectivity index (χ1v) is 11.4. The highest BCUT2D eigenvalue weighted by molar-refractivity contribution is 9.10. The molecule has 2 atom stereocenters. The number of sulfonamides is 1. The summed E-state index contributed by atoms with van der Waals surface area (Å²) in [5.41, 5.74) is 2.49. The number of nitrogens with one attached hydrogen (secondary N) is 1. The van der Waals surface area contributed by atoms with Gasteiger partial charge in [0.2, 0.25) is 11.8 Å². The summed E-state index contributed by atoms with van der Waals surface area (Å²) >= 11 is 3.31. The molecule has 0 fully saturated rings. The molecule has 0 spiro atoms. The van der Waals surface area contributed by atoms with E-state index in [1.54, 1.807) is 36.4 Å². The number of nitrogens with zero attached hydrogens (tertiary/aromatic N) is 1. The Morgan fingerprint density at radius 3 is 2.00 bits per heavy atom. The standard InChI is InChI=1S/C21H17BrN2O4S/c22-14-3-5-15(6-4-14)23-29(27,28)17-9-7-16(8-10-17)24-20(25)18-12-1-2-13(11-12)19(18)21(24)26/h1-10,12-13,23,25-26H,11H2/t12-,13?/m0/s1. The minimum atomic E-state index is -3.76. The first kappa shape index (κ1) is 18.3. The van der Waals surface area contributed by atoms with Crippen LogP contribution in [0.5, 0.6) is 11.8 Å². The van der Waals surface area contributed by atoms with Crippen LogP contribution in [0.15, 0.2) is 70.1 Å². The van der Waals surface area contributed by atoms with Gasteiger partial charge in [-0.25, -0.2) is 8.42 Å². The maximum Gasteiger partial charge on any atom is 0.261 e. The van der Waals surface area contributed by atoms with Crippen molar-refractivity contribution in [3.05, 3.63) is 76.3 Å². The molecule has 0 radical (unpaired) electrons. The smallest absolute Gasteiger partial charge is 0.261 e. The Morgan fingerprint density at radius 2 is 1.45 bits per heavy atom. The molecule has 1 aromatic heterocycles. The molecule has 148 valence electrons. The van der Waals surface area contributed by atoms with Gasteiger partial charge in [0.15, 0.2) is 0 Å². The number of aromatic nitrogens is 1. The van der Waals surface area contributed by atoms with Crippen LogP contribution in [0, 0.1) is 0 Å². The summed E-state index contributed by atoms with van der Waals surface area (Å²) in [6.45, 7) is 0. The predicted octanol–water partition coefficient (Wildman–Crippen LogP) is 4.59. The van der Waals surface area contributed by atoms with E-state index in [9.17, 15) is 18.6 Å². The van der Waals surface area contributed by atoms with Gasteiger partial charge in [-0.1, -0.05) is 28.1 Å². The second-order valence-electron chi connectivity index (χ2n) is 7.25. The van der Waals surface area contributed by atoms with Crippen LogP contribution in [0.25, 0.3) is 5.69 Å². The van der Waals surface area contributed by atoms with Crippen molar-refractivity contribution in [3.8, 4) is 17.4 Å². The number of aromatic hydroxyl groups is 2. The van der Waals surface area contributed by atoms with Crippen molar-refractivity contribution in [2.24, 2.45) is 0 Å². The minimum absolute atomic E-state index is 0.0120. The molecule has 2 aliphatic carbocycles. The zero-order valence-electron chi connectivity index (χ0n) is 15.1. The van der Waals surface area contributed by atoms with E-state index in [4.69, 9.17) is 0 Å². The highest BCUT2D eigenvalue weighted by Gasteiger charge is 2.41. The average Bonchev–Trinajstić information content (AvgIpc) is 3.37. The van der Waals surface area contributed by atoms with Crippen LogP contribution in [-0.2, 0) is 10.0 Å². The summed E-state index contributed by atoms with van der Waals surface area (Å²) in [4.78, 5) is 0.0876. The predicted molar refractivity (Wildman–Crippen MR) is 113 cm³/mol. The van der Waals surface area contributed by atoms with Crippen molar-refractivity contribution in [2.75, 3.05) is 4.72 Å². The second kappa shape index (κ2) is 6.40. The lowest BCUT2D eigenvalue weighted by Crippen LogP contribution is -2.12. The van der Waals surface area contributed by atoms with E-state index < -0.39 is 10.0 Å². The molecule has 2 aliphatic rings. The minimum Gasteiger partial charge on any atom is -0.494 e. The molecule has 29 heavy (non-hydrogen) atoms. The Hall–Kier alpha value is -2.71. The molecule has 3 aromatic rings. The van der Waals surface area contributed by atoms with Gasteiger partial charge in [-0.05, 0) is 55.0 Å². The molecule has 1 unspecified atom stereocenters. The summed E-state index contributed by atoms with van der Waals surface area (Å²) in [7, 11) is -3.76. The molecule has 0 saturated heterocycles. The molecule has 2 bridgehead atoms. The first-order chi connectivity index (χ1) is 13.8. The van der Waals surface area contributed by atoms with Gasteiger partial charge in [0.1, 0.15) is 0 Å². The number of hydrogen-bond acceptors (Lipinski definition) is 4. The lowest BCUT2D eigenvalue weighted by atomic mass is 10.0. The number of allylic oxidation sites excluding steroid dienone is 2. The van der Waals surface area contributed by atoms with E-state index in [1.807, 2.05) is 0 Å². The fraction of sp³-hybridized carbons (Fsp3) is 0.143. The van der Waals surface area contributed by atoms with Crippen molar-refractivity contribution in [1.29, 1.82) is 0 Å². The van der Waals surface area contributed by atoms with Crippen LogP contribution in [-0.4, -0.2) is 23.2 Å². The van der Waals surface area contributed by atoms with Gasteiger partial charge in [0.05, 0.1) is 10.6 Å². The van der Waals surface area contributed by atoms with E-state index in [2.05, 4.69) is 32.8 Å². The van der Waals surface area contributed by atoms with Crippen LogP contribution < -0.4 is 4.72 Å². The van der Waals surface area contributed by atoms with Gasteiger partial charge in [-0.2, -0.15) is 0 Å². The summed E-state index contributed by atoms with van der Waals surface area (Å²) in [5.74, 6) is 0.268. The average molecular weight is 473 g/mol. The molecule has 6 nitrogen and oxygen atoms in total. The van der Waals surface area contributed by atoms with Gasteiger partial charge in [-0.15, -0.1) is 0 Å². The van der Waals surface area contributed by atoms with Crippen molar-refractivity contribution >= 4 is 31.6 Å². The maximum atomic E-state index is 12.6. The monoisotopic (exact) mass is 472 g/mol. The summed E-state index contributed by atoms with van der Waals surface area (Å²) < 4.78 is 30.0. The van der Waals surface area contributed by atoms with Crippen LogP contribution in [0.2, 0.25) is 0 Å². The highest BCUT2D eigenvalue weighted by Crippen LogP contribution is 2.57. The van der Waals surface area contributed by atoms with Gasteiger partial charge < -0.3 is 10.2 Å². The van der Waals surface area contributed by atoms with E-state index in [1.165, 1.54) is 16.7 Å². The number of halogens is 1. The molecule has 2 aromatic carbocycles. The maximum absolute atomic E-state index is 12.6. The van der Waals surface area contributed by atoms with Crippen molar-refractivity contribution in [3.63, 3.8) is 0 Å². The number of hydrogen-bond donors (Lipinski definition) is 3. The van der Waals surface area contributed by atoms with Crippen LogP contribution in [0.4, 0.5) is 5.69 Å². The Balaban J connectivity index is 1.46. The fourth-order valence-electron chi connectivity index (χ4n) is 4.19. The van der Waals surface area contributed by atoms with Crippen LogP contribution in [0.1, 0.15) is 29.4 Å². The van der Waals surface area contributed by atoms with E-state index in [-0.39, 0.29) is 28.5 Å². The highest BCUT2D eigenvalue weighted by atomic mass is 79.9. The van der Waals surface area contributed by atoms with E-state index >= 15 is 0 Å². The lowest BCUT2D eigenvalue weighted by Gasteiger charge is -2.12. The second-order valence-corrected chi connectivity index (χ2v) is 9.85. The third-order valence-electron chi connectivity index (χ3n) is 5.52. The Morgan fingerprint density at radius 1 is 0.897 bits per heavy atom. The summed E-state index contributed by atoms with van der Waals surface area (Å²) in [5, 5.41) is 21.4. The topological polar surface area (TPSA) is 91.6 Å². The van der Waals surface area contributed by atoms with E-state index in [0.717, 1.165) is 22.0 Å². The van der Waals surface area contributed by atoms with Gasteiger partial charge >= 0.3 is 0 Å². The van der Waals surface area contributed by atoms with Gasteiger partial charge in [0.25, 0.3) is 10.0 Å². The van der Waals surface area contributed by atoms with Crippen LogP contribution >= 0.6 is 15.9 Å². The Labute approximate surface area is 176 Å². The lowest BCUT2D eigenvalue weighted by molar-refractivity contribution is 0.395. The van der Waals surface area contributed by atoms with Crippen molar-refractivity contribution in [2.45, 2.75) is 23.2 Å². The Bertz CT molecular complexity index is 1210. The van der Waals surface area contributed by atoms with Crippen molar-refractivity contribution in [1.82, 2.24) is 4.57 Å². The molecule has 8 heteroatoms. The largest absolute Gasteiger partial charge is 0.494 e. The molecule has 0 saturated carbocycles. The molecule has 1 heterocycles. The quantitative estimate of drug-likeness (QED) is 0.484. The number of benzene rings is 2. The van der Waals surface area contributed by atoms with Gasteiger partial charge in [0, 0.05) is 33.1 Å². The SMILES string of the molecule is O=S(=O)(Nc1ccc(Br)cc1)c1ccc(-n2c(O)c3c(c2O)[C@H]2C=CC3C2)cc1. The third kappa shape index (κ3) is 2.86. The number of rotatable bonds is 4. The third-order valence-corrected chi connectivity index (χ3v) is 7.45. The summed E-state index contributed by atoms with van der Waals surface area (Å²) in [6.07, 6.45) is 4.99. The zero-order chi connectivity index (χ0) is 20.3. The molecule has 0 amide bonds. The first-order valence-electron chi connectivity index (χ1n) is 9.09. The molecular formula is C21H17BrN2O4S. The van der Waals surface area contributed by atoms with E-state index in [0.29, 0.717) is 11.4 Å². The molecular weight excluding hydrogens is 456 g/mol. The van der Waals surface area contributed by atoms with Crippen LogP contribution in [0.3, 0.4) is 0 Å².